The maximum atomic E-state index is 11.9. The molecule has 100 valence electrons. The van der Waals surface area contributed by atoms with Gasteiger partial charge in [-0.05, 0) is 5.92 Å². The summed E-state index contributed by atoms with van der Waals surface area (Å²) in [7, 11) is 0. The molecular weight excluding hydrogens is 264 g/mol. The second-order valence-electron chi connectivity index (χ2n) is 4.50. The molecule has 0 aliphatic heterocycles. The smallest absolute Gasteiger partial charge is 0.257 e. The summed E-state index contributed by atoms with van der Waals surface area (Å²) in [4.78, 5) is 11.9. The van der Waals surface area contributed by atoms with Gasteiger partial charge in [0.2, 0.25) is 5.13 Å². The highest BCUT2D eigenvalue weighted by molar-refractivity contribution is 7.15. The Kier molecular flexibility index (Phi) is 4.06. The van der Waals surface area contributed by atoms with Gasteiger partial charge >= 0.3 is 0 Å². The molecule has 0 saturated heterocycles. The zero-order valence-corrected chi connectivity index (χ0v) is 11.5. The number of anilines is 1. The fourth-order valence-electron chi connectivity index (χ4n) is 1.47. The third-order valence-corrected chi connectivity index (χ3v) is 3.20. The van der Waals surface area contributed by atoms with Crippen LogP contribution in [0.5, 0.6) is 0 Å². The molecule has 1 N–H and O–H groups in total. The predicted molar refractivity (Wildman–Crippen MR) is 71.8 cm³/mol. The second kappa shape index (κ2) is 5.75. The second-order valence-corrected chi connectivity index (χ2v) is 5.56. The van der Waals surface area contributed by atoms with Gasteiger partial charge in [0.1, 0.15) is 5.01 Å². The molecule has 7 heteroatoms. The van der Waals surface area contributed by atoms with Crippen molar-refractivity contribution in [3.63, 3.8) is 0 Å². The first-order valence-electron chi connectivity index (χ1n) is 5.87. The van der Waals surface area contributed by atoms with Crippen LogP contribution in [0.1, 0.15) is 29.2 Å². The Morgan fingerprint density at radius 1 is 1.42 bits per heavy atom. The maximum Gasteiger partial charge on any atom is 0.257 e. The fourth-order valence-corrected chi connectivity index (χ4v) is 2.42. The van der Waals surface area contributed by atoms with Gasteiger partial charge in [-0.2, -0.15) is 4.73 Å². The van der Waals surface area contributed by atoms with Gasteiger partial charge in [0, 0.05) is 18.6 Å². The van der Waals surface area contributed by atoms with Crippen LogP contribution >= 0.6 is 11.3 Å². The van der Waals surface area contributed by atoms with Crippen molar-refractivity contribution < 1.29 is 9.52 Å². The molecule has 2 rings (SSSR count). The van der Waals surface area contributed by atoms with Crippen molar-refractivity contribution in [1.82, 2.24) is 10.2 Å². The highest BCUT2D eigenvalue weighted by Crippen LogP contribution is 2.18. The van der Waals surface area contributed by atoms with Crippen LogP contribution < -0.4 is 10.0 Å². The minimum absolute atomic E-state index is 0.298. The van der Waals surface area contributed by atoms with Crippen molar-refractivity contribution in [3.8, 4) is 0 Å². The molecule has 0 bridgehead atoms. The summed E-state index contributed by atoms with van der Waals surface area (Å²) in [6.45, 7) is 4.20. The normalized spacial score (nSPS) is 10.7. The molecule has 0 radical (unpaired) electrons. The quantitative estimate of drug-likeness (QED) is 0.680. The molecule has 2 heterocycles. The lowest BCUT2D eigenvalue weighted by Gasteiger charge is -2.00. The van der Waals surface area contributed by atoms with E-state index in [2.05, 4.69) is 29.4 Å². The standard InChI is InChI=1S/C12H14N4O2S/c1-8(2)7-10-14-15-12(19-10)13-11(17)9-3-5-16(18)6-4-9/h3-6,8H,7H2,1-2H3,(H,13,15,17). The average Bonchev–Trinajstić information content (AvgIpc) is 2.76. The first kappa shape index (κ1) is 13.4. The van der Waals surface area contributed by atoms with E-state index in [0.717, 1.165) is 11.4 Å². The van der Waals surface area contributed by atoms with Gasteiger partial charge in [-0.3, -0.25) is 10.1 Å². The van der Waals surface area contributed by atoms with E-state index >= 15 is 0 Å². The van der Waals surface area contributed by atoms with Crippen LogP contribution in [-0.4, -0.2) is 16.1 Å². The van der Waals surface area contributed by atoms with E-state index in [1.165, 1.54) is 35.9 Å². The van der Waals surface area contributed by atoms with Crippen molar-refractivity contribution in [2.75, 3.05) is 5.32 Å². The van der Waals surface area contributed by atoms with E-state index < -0.39 is 0 Å². The zero-order valence-electron chi connectivity index (χ0n) is 10.7. The minimum Gasteiger partial charge on any atom is -0.619 e. The molecule has 0 aromatic carbocycles. The summed E-state index contributed by atoms with van der Waals surface area (Å²) in [5.41, 5.74) is 0.410. The van der Waals surface area contributed by atoms with E-state index in [1.807, 2.05) is 0 Å². The highest BCUT2D eigenvalue weighted by Gasteiger charge is 2.11. The Labute approximate surface area is 114 Å². The van der Waals surface area contributed by atoms with Gasteiger partial charge in [-0.15, -0.1) is 10.2 Å². The topological polar surface area (TPSA) is 81.8 Å². The Bertz CT molecular complexity index is 565. The van der Waals surface area contributed by atoms with Crippen LogP contribution in [0.4, 0.5) is 5.13 Å². The summed E-state index contributed by atoms with van der Waals surface area (Å²) < 4.78 is 0.627. The van der Waals surface area contributed by atoms with Crippen LogP contribution in [0.25, 0.3) is 0 Å². The third-order valence-electron chi connectivity index (χ3n) is 2.33. The molecule has 2 aromatic rings. The highest BCUT2D eigenvalue weighted by atomic mass is 32.1. The molecule has 0 aliphatic rings. The van der Waals surface area contributed by atoms with Crippen molar-refractivity contribution in [1.29, 1.82) is 0 Å². The molecule has 2 aromatic heterocycles. The first-order valence-corrected chi connectivity index (χ1v) is 6.69. The van der Waals surface area contributed by atoms with Gasteiger partial charge in [0.05, 0.1) is 5.56 Å². The Morgan fingerprint density at radius 2 is 2.11 bits per heavy atom. The van der Waals surface area contributed by atoms with Gasteiger partial charge in [0.15, 0.2) is 12.4 Å². The zero-order chi connectivity index (χ0) is 13.8. The van der Waals surface area contributed by atoms with E-state index in [9.17, 15) is 10.0 Å². The lowest BCUT2D eigenvalue weighted by atomic mass is 10.1. The Hall–Kier alpha value is -2.02. The number of nitrogens with zero attached hydrogens (tertiary/aromatic N) is 3. The van der Waals surface area contributed by atoms with Gasteiger partial charge < -0.3 is 5.21 Å². The number of pyridine rings is 1. The summed E-state index contributed by atoms with van der Waals surface area (Å²) in [5.74, 6) is 0.200. The molecule has 19 heavy (non-hydrogen) atoms. The van der Waals surface area contributed by atoms with Gasteiger partial charge in [-0.25, -0.2) is 0 Å². The van der Waals surface area contributed by atoms with Crippen molar-refractivity contribution in [2.24, 2.45) is 5.92 Å². The summed E-state index contributed by atoms with van der Waals surface area (Å²) >= 11 is 1.37. The van der Waals surface area contributed by atoms with E-state index in [4.69, 9.17) is 0 Å². The van der Waals surface area contributed by atoms with Gasteiger partial charge in [-0.1, -0.05) is 25.2 Å². The van der Waals surface area contributed by atoms with Crippen LogP contribution in [-0.2, 0) is 6.42 Å². The number of aromatic nitrogens is 3. The van der Waals surface area contributed by atoms with Crippen LogP contribution in [0.2, 0.25) is 0 Å². The predicted octanol–water partition coefficient (Wildman–Crippen LogP) is 1.62. The molecule has 6 nitrogen and oxygen atoms in total. The Balaban J connectivity index is 2.02. The van der Waals surface area contributed by atoms with E-state index in [0.29, 0.717) is 21.3 Å². The minimum atomic E-state index is -0.298. The number of carbonyl (C=O) groups excluding carboxylic acids is 1. The summed E-state index contributed by atoms with van der Waals surface area (Å²) in [6, 6.07) is 2.91. The lowest BCUT2D eigenvalue weighted by molar-refractivity contribution is -0.605. The number of rotatable bonds is 4. The van der Waals surface area contributed by atoms with Crippen LogP contribution in [0.3, 0.4) is 0 Å². The average molecular weight is 278 g/mol. The largest absolute Gasteiger partial charge is 0.619 e. The maximum absolute atomic E-state index is 11.9. The molecule has 0 aliphatic carbocycles. The van der Waals surface area contributed by atoms with Crippen molar-refractivity contribution >= 4 is 22.4 Å². The SMILES string of the molecule is CC(C)Cc1nnc(NC(=O)c2cc[n+]([O-])cc2)s1. The number of hydrogen-bond acceptors (Lipinski definition) is 5. The first-order chi connectivity index (χ1) is 9.04. The summed E-state index contributed by atoms with van der Waals surface area (Å²) in [6.07, 6.45) is 3.40. The fraction of sp³-hybridized carbons (Fsp3) is 0.333. The third kappa shape index (κ3) is 3.72. The lowest BCUT2D eigenvalue weighted by Crippen LogP contribution is -2.25. The van der Waals surface area contributed by atoms with Crippen LogP contribution in [0.15, 0.2) is 24.5 Å². The molecule has 0 unspecified atom stereocenters. The number of carbonyl (C=O) groups is 1. The molecule has 0 atom stereocenters. The molecule has 0 saturated carbocycles. The molecule has 1 amide bonds. The molecule has 0 spiro atoms. The van der Waals surface area contributed by atoms with Gasteiger partial charge in [0.25, 0.3) is 5.91 Å². The van der Waals surface area contributed by atoms with E-state index in [1.54, 1.807) is 0 Å². The van der Waals surface area contributed by atoms with Crippen LogP contribution in [0, 0.1) is 11.1 Å². The van der Waals surface area contributed by atoms with Crippen molar-refractivity contribution in [2.45, 2.75) is 20.3 Å². The summed E-state index contributed by atoms with van der Waals surface area (Å²) in [5, 5.41) is 22.8. The van der Waals surface area contributed by atoms with E-state index in [-0.39, 0.29) is 5.91 Å². The van der Waals surface area contributed by atoms with Crippen molar-refractivity contribution in [3.05, 3.63) is 40.3 Å². The monoisotopic (exact) mass is 278 g/mol. The number of hydrogen-bond donors (Lipinski definition) is 1. The Morgan fingerprint density at radius 3 is 2.74 bits per heavy atom. The number of amides is 1. The number of nitrogens with one attached hydrogen (secondary N) is 1. The molecule has 0 fully saturated rings. The molecular formula is C12H14N4O2S.